The topological polar surface area (TPSA) is 447 Å². The van der Waals surface area contributed by atoms with Gasteiger partial charge in [0.1, 0.15) is 107 Å². The lowest BCUT2D eigenvalue weighted by molar-refractivity contribution is -0.346. The minimum atomic E-state index is -2.41. The van der Waals surface area contributed by atoms with Gasteiger partial charge in [0.15, 0.2) is 23.1 Å². The number of carbonyl (C=O) groups excluding carboxylic acids is 12. The number of alkyl carbamates (subject to hydrolysis) is 2. The molecule has 2 saturated heterocycles. The standard InChI is InChI=1S/C46H59NO14.C44H55NO16.FH/c1-12-33(49)58-31-21-32-45(23-56-32,60-27(5)48)36-38(59-40(52)28-17-14-13-15-18-28)46(54)22-30(24(2)34(43(46,9)10)25(3)37(50)44(31,36)11)57-39(51)26(4)35(29-19-16-20-55-29)47-41(53)61-42(6,7)8;1-10-29(47)58-27-19-28-43(21-56-28,60-23(3)46)34-36(59-37(51)24-15-12-11-13-16-24)44(54)20-26(22(2)30(41(44,7)8)32(48)35(50)42(27,34)9)57-38(52)33(49)31(25-17-14-18-55-25)45-39(53)61-40(4,5)6;/h13-20,25-26,30-32,35-36,38,54H,12,21-23H2,1-11H3,(H,47,53);11-18,26-28,31-34,36,48-49,54H,10,19-21H2,1-9H3,(H,45,53);1H/t25-,26-,30+,31?,32-,35-,36?,38+,44-,45+,46-;26-,27-,28+,31-,32+,33+,34?,36-,42+,43-,44+;/m10./s1. The van der Waals surface area contributed by atoms with Crippen LogP contribution in [0.2, 0.25) is 0 Å². The third-order valence-electron chi connectivity index (χ3n) is 26.2. The summed E-state index contributed by atoms with van der Waals surface area (Å²) in [4.78, 5) is 166. The summed E-state index contributed by atoms with van der Waals surface area (Å²) in [6, 6.07) is 19.4. The molecule has 6 N–H and O–H groups in total. The summed E-state index contributed by atoms with van der Waals surface area (Å²) in [6.45, 7) is 31.0. The second kappa shape index (κ2) is 35.1. The largest absolute Gasteiger partial charge is 0.467 e. The normalized spacial score (nSPS) is 32.3. The fourth-order valence-electron chi connectivity index (χ4n) is 20.1. The number of ether oxygens (including phenoxy) is 12. The van der Waals surface area contributed by atoms with E-state index >= 15 is 9.59 Å². The molecule has 2 aromatic carbocycles. The highest BCUT2D eigenvalue weighted by Gasteiger charge is 2.81. The van der Waals surface area contributed by atoms with Gasteiger partial charge in [-0.1, -0.05) is 84.9 Å². The molecular weight excluding hydrogens is 1610 g/mol. The molecule has 12 rings (SSSR count). The Morgan fingerprint density at radius 1 is 0.537 bits per heavy atom. The molecule has 6 aliphatic carbocycles. The molecular formula is C90H115FN2O30. The molecule has 2 amide bonds. The number of amides is 2. The Bertz CT molecular complexity index is 4440. The Morgan fingerprint density at radius 3 is 1.29 bits per heavy atom. The number of hydrogen-bond donors (Lipinski definition) is 6. The van der Waals surface area contributed by atoms with Gasteiger partial charge >= 0.3 is 59.9 Å². The summed E-state index contributed by atoms with van der Waals surface area (Å²) < 4.78 is 83.4. The Morgan fingerprint density at radius 2 is 0.919 bits per heavy atom. The fraction of sp³-hybridized carbons (Fsp3) is 0.600. The van der Waals surface area contributed by atoms with E-state index in [9.17, 15) is 68.4 Å². The summed E-state index contributed by atoms with van der Waals surface area (Å²) in [6.07, 6.45) is -15.2. The van der Waals surface area contributed by atoms with Crippen molar-refractivity contribution in [3.05, 3.63) is 142 Å². The van der Waals surface area contributed by atoms with Crippen molar-refractivity contribution in [3.8, 4) is 0 Å². The van der Waals surface area contributed by atoms with Crippen molar-refractivity contribution in [2.75, 3.05) is 13.2 Å². The minimum absolute atomic E-state index is 0. The van der Waals surface area contributed by atoms with Gasteiger partial charge in [0, 0.05) is 69.1 Å². The molecule has 4 heterocycles. The Hall–Kier alpha value is -10.2. The number of esters is 8. The smallest absolute Gasteiger partial charge is 0.408 e. The number of rotatable bonds is 20. The number of aliphatic hydroxyl groups excluding tert-OH is 2. The van der Waals surface area contributed by atoms with Crippen LogP contribution in [0.3, 0.4) is 0 Å². The van der Waals surface area contributed by atoms with Crippen LogP contribution in [0.1, 0.15) is 221 Å². The van der Waals surface area contributed by atoms with Crippen LogP contribution >= 0.6 is 0 Å². The van der Waals surface area contributed by atoms with E-state index in [2.05, 4.69) is 10.6 Å². The molecule has 6 fully saturated rings. The minimum Gasteiger partial charge on any atom is -0.467 e. The van der Waals surface area contributed by atoms with Crippen molar-refractivity contribution in [1.29, 1.82) is 0 Å². The number of nitrogens with one attached hydrogen (secondary N) is 2. The first-order chi connectivity index (χ1) is 56.8. The maximum absolute atomic E-state index is 15.6. The van der Waals surface area contributed by atoms with Crippen LogP contribution < -0.4 is 10.6 Å². The summed E-state index contributed by atoms with van der Waals surface area (Å²) in [5.41, 5.74) is -15.5. The first-order valence-electron chi connectivity index (χ1n) is 41.2. The van der Waals surface area contributed by atoms with Crippen LogP contribution in [0.25, 0.3) is 0 Å². The van der Waals surface area contributed by atoms with E-state index in [1.165, 1.54) is 71.4 Å². The van der Waals surface area contributed by atoms with Gasteiger partial charge in [0.05, 0.1) is 65.5 Å². The quantitative estimate of drug-likeness (QED) is 0.0272. The lowest BCUT2D eigenvalue weighted by atomic mass is 9.43. The van der Waals surface area contributed by atoms with E-state index in [0.29, 0.717) is 11.1 Å². The molecule has 0 radical (unpaired) electrons. The number of ketones is 2. The SMILES string of the molecule is CCC(=O)OC1C[C@H]2OC[C@@]2(OC(C)=O)C2[C@H](OC(=O)c3ccccc3)[C@]3(O)C[C@H](OC(=O)[C@H](C)[C@@H](NC(=O)OC(C)(C)C)c4ccco4)C(C)=C([C@@H](C)C(=O)[C@]12C)C3(C)C.CCC(=O)O[C@H]1C[C@H]2OC[C@@]2(OC(C)=O)C2[C@H](OC(=O)c3ccccc3)[C@]3(O)C[C@H](OC(=O)[C@H](O)[C@@H](NC(=O)OC(C)(C)C)c4ccco4)C(C)=C([C@@H](O)C(=O)[C@@]21C)C3(C)C.F. The molecule has 672 valence electrons. The van der Waals surface area contributed by atoms with Crippen molar-refractivity contribution in [2.24, 2.45) is 45.3 Å². The molecule has 22 atom stereocenters. The van der Waals surface area contributed by atoms with Gasteiger partial charge in [-0.05, 0) is 147 Å². The summed E-state index contributed by atoms with van der Waals surface area (Å²) >= 11 is 0. The number of Topliss-reactive ketones (excluding diaryl/α,β-unsaturated/α-hetero) is 2. The number of aliphatic hydroxyl groups is 4. The highest BCUT2D eigenvalue weighted by atomic mass is 19.0. The zero-order valence-electron chi connectivity index (χ0n) is 72.9. The lowest BCUT2D eigenvalue weighted by Crippen LogP contribution is -2.82. The lowest BCUT2D eigenvalue weighted by Gasteiger charge is -2.67. The van der Waals surface area contributed by atoms with Crippen LogP contribution in [-0.2, 0) is 95.2 Å². The number of halogens is 1. The molecule has 32 nitrogen and oxygen atoms in total. The molecule has 4 aromatic rings. The van der Waals surface area contributed by atoms with E-state index in [-0.39, 0.29) is 83.8 Å². The van der Waals surface area contributed by atoms with Gasteiger partial charge in [-0.2, -0.15) is 0 Å². The summed E-state index contributed by atoms with van der Waals surface area (Å²) in [7, 11) is 0. The third kappa shape index (κ3) is 17.2. The van der Waals surface area contributed by atoms with E-state index in [4.69, 9.17) is 65.7 Å². The van der Waals surface area contributed by atoms with Gasteiger partial charge in [0.2, 0.25) is 0 Å². The van der Waals surface area contributed by atoms with E-state index in [1.54, 1.807) is 158 Å². The highest BCUT2D eigenvalue weighted by molar-refractivity contribution is 5.96. The van der Waals surface area contributed by atoms with Gasteiger partial charge < -0.3 is 96.7 Å². The predicted molar refractivity (Wildman–Crippen MR) is 429 cm³/mol. The van der Waals surface area contributed by atoms with Crippen molar-refractivity contribution in [1.82, 2.24) is 10.6 Å². The van der Waals surface area contributed by atoms with E-state index < -0.39 is 230 Å². The molecule has 2 aromatic heterocycles. The van der Waals surface area contributed by atoms with Gasteiger partial charge in [-0.3, -0.25) is 38.3 Å². The molecule has 4 bridgehead atoms. The second-order valence-electron chi connectivity index (χ2n) is 36.7. The number of furan rings is 2. The fourth-order valence-corrected chi connectivity index (χ4v) is 20.1. The Balaban J connectivity index is 0.000000255. The number of carbonyl (C=O) groups is 12. The average Bonchev–Trinajstić information content (AvgIpc) is 1.11. The molecule has 2 aliphatic heterocycles. The van der Waals surface area contributed by atoms with E-state index in [1.807, 2.05) is 0 Å². The summed E-state index contributed by atoms with van der Waals surface area (Å²) in [5.74, 6) is -12.8. The summed E-state index contributed by atoms with van der Waals surface area (Å²) in [5, 5.41) is 56.5. The maximum Gasteiger partial charge on any atom is 0.408 e. The van der Waals surface area contributed by atoms with Crippen molar-refractivity contribution in [3.63, 3.8) is 0 Å². The van der Waals surface area contributed by atoms with Crippen LogP contribution in [0.4, 0.5) is 14.3 Å². The number of fused-ring (bicyclic) bond motifs is 10. The zero-order chi connectivity index (χ0) is 90.1. The van der Waals surface area contributed by atoms with Gasteiger partial charge in [-0.15, -0.1) is 0 Å². The zero-order valence-corrected chi connectivity index (χ0v) is 72.9. The van der Waals surface area contributed by atoms with Crippen molar-refractivity contribution < 1.29 is 148 Å². The average molecular weight is 1720 g/mol. The van der Waals surface area contributed by atoms with Crippen LogP contribution in [0.15, 0.2) is 129 Å². The molecule has 3 unspecified atom stereocenters. The molecule has 0 spiro atoms. The monoisotopic (exact) mass is 1720 g/mol. The van der Waals surface area contributed by atoms with E-state index in [0.717, 1.165) is 6.92 Å². The molecule has 123 heavy (non-hydrogen) atoms. The van der Waals surface area contributed by atoms with Crippen LogP contribution in [-0.4, -0.2) is 200 Å². The van der Waals surface area contributed by atoms with Crippen LogP contribution in [0, 0.1) is 45.3 Å². The van der Waals surface area contributed by atoms with Crippen LogP contribution in [0.5, 0.6) is 0 Å². The Labute approximate surface area is 712 Å². The first kappa shape index (κ1) is 95.0. The van der Waals surface area contributed by atoms with Crippen molar-refractivity contribution in [2.45, 2.75) is 284 Å². The molecule has 8 aliphatic rings. The van der Waals surface area contributed by atoms with Gasteiger partial charge in [0.25, 0.3) is 0 Å². The molecule has 4 saturated carbocycles. The predicted octanol–water partition coefficient (Wildman–Crippen LogP) is 10.3. The molecule has 33 heteroatoms. The number of benzene rings is 2. The maximum atomic E-state index is 15.6. The highest BCUT2D eigenvalue weighted by Crippen LogP contribution is 2.68. The Kier molecular flexibility index (Phi) is 27.1. The third-order valence-corrected chi connectivity index (χ3v) is 26.2. The first-order valence-corrected chi connectivity index (χ1v) is 41.2. The van der Waals surface area contributed by atoms with Crippen molar-refractivity contribution >= 4 is 71.5 Å². The number of hydrogen-bond acceptors (Lipinski definition) is 30. The van der Waals surface area contributed by atoms with Gasteiger partial charge in [-0.25, -0.2) is 24.0 Å². The second-order valence-corrected chi connectivity index (χ2v) is 36.7.